The van der Waals surface area contributed by atoms with E-state index in [4.69, 9.17) is 9.47 Å². The molecule has 0 radical (unpaired) electrons. The van der Waals surface area contributed by atoms with Crippen molar-refractivity contribution < 1.29 is 9.47 Å². The van der Waals surface area contributed by atoms with Crippen LogP contribution in [0.1, 0.15) is 0 Å². The summed E-state index contributed by atoms with van der Waals surface area (Å²) in [6.45, 7) is 0. The highest BCUT2D eigenvalue weighted by molar-refractivity contribution is 5.91. The molecule has 0 saturated carbocycles. The average molecular weight is 266 g/mol. The van der Waals surface area contributed by atoms with E-state index >= 15 is 0 Å². The third-order valence-electron chi connectivity index (χ3n) is 3.15. The molecular weight excluding hydrogens is 252 g/mol. The molecule has 4 heteroatoms. The molecule has 2 aromatic heterocycles. The fourth-order valence-corrected chi connectivity index (χ4v) is 2.15. The smallest absolute Gasteiger partial charge is 0.221 e. The lowest BCUT2D eigenvalue weighted by molar-refractivity contribution is 0.403. The number of fused-ring (bicyclic) bond motifs is 1. The Balaban J connectivity index is 2.24. The standard InChI is InChI=1S/C16H14N2O2/c1-19-13-5-6-14-12(8-13)9-15(18-16(14)20-2)11-4-3-7-17-10-11/h3-10H,1-2H3. The third-order valence-corrected chi connectivity index (χ3v) is 3.15. The fraction of sp³-hybridized carbons (Fsp3) is 0.125. The van der Waals surface area contributed by atoms with E-state index in [1.165, 1.54) is 0 Å². The lowest BCUT2D eigenvalue weighted by Crippen LogP contribution is -1.93. The van der Waals surface area contributed by atoms with Gasteiger partial charge in [0.25, 0.3) is 0 Å². The van der Waals surface area contributed by atoms with Crippen molar-refractivity contribution in [2.24, 2.45) is 0 Å². The number of hydrogen-bond acceptors (Lipinski definition) is 4. The molecule has 100 valence electrons. The Morgan fingerprint density at radius 3 is 2.60 bits per heavy atom. The Kier molecular flexibility index (Phi) is 3.21. The number of hydrogen-bond donors (Lipinski definition) is 0. The number of benzene rings is 1. The largest absolute Gasteiger partial charge is 0.497 e. The van der Waals surface area contributed by atoms with Crippen LogP contribution in [0.4, 0.5) is 0 Å². The SMILES string of the molecule is COc1ccc2c(OC)nc(-c3cccnc3)cc2c1. The zero-order valence-corrected chi connectivity index (χ0v) is 11.3. The van der Waals surface area contributed by atoms with Gasteiger partial charge >= 0.3 is 0 Å². The molecule has 4 nitrogen and oxygen atoms in total. The Morgan fingerprint density at radius 1 is 1.00 bits per heavy atom. The fourth-order valence-electron chi connectivity index (χ4n) is 2.15. The van der Waals surface area contributed by atoms with Crippen molar-refractivity contribution >= 4 is 10.8 Å². The minimum Gasteiger partial charge on any atom is -0.497 e. The lowest BCUT2D eigenvalue weighted by atomic mass is 10.1. The Morgan fingerprint density at radius 2 is 1.90 bits per heavy atom. The van der Waals surface area contributed by atoms with Gasteiger partial charge in [0.15, 0.2) is 0 Å². The van der Waals surface area contributed by atoms with Crippen LogP contribution in [0.2, 0.25) is 0 Å². The first-order valence-corrected chi connectivity index (χ1v) is 6.25. The molecule has 0 unspecified atom stereocenters. The number of aromatic nitrogens is 2. The molecule has 0 spiro atoms. The first-order valence-electron chi connectivity index (χ1n) is 6.25. The van der Waals surface area contributed by atoms with Crippen LogP contribution in [-0.2, 0) is 0 Å². The van der Waals surface area contributed by atoms with Crippen molar-refractivity contribution in [3.63, 3.8) is 0 Å². The second-order valence-electron chi connectivity index (χ2n) is 4.35. The summed E-state index contributed by atoms with van der Waals surface area (Å²) in [5.41, 5.74) is 1.78. The summed E-state index contributed by atoms with van der Waals surface area (Å²) in [5.74, 6) is 1.41. The van der Waals surface area contributed by atoms with Crippen LogP contribution in [0.5, 0.6) is 11.6 Å². The van der Waals surface area contributed by atoms with Gasteiger partial charge in [-0.3, -0.25) is 4.98 Å². The van der Waals surface area contributed by atoms with Crippen molar-refractivity contribution in [3.8, 4) is 22.9 Å². The van der Waals surface area contributed by atoms with Crippen LogP contribution < -0.4 is 9.47 Å². The first-order chi connectivity index (χ1) is 9.81. The zero-order valence-electron chi connectivity index (χ0n) is 11.3. The summed E-state index contributed by atoms with van der Waals surface area (Å²) in [6, 6.07) is 11.7. The maximum absolute atomic E-state index is 5.39. The van der Waals surface area contributed by atoms with E-state index in [0.29, 0.717) is 5.88 Å². The van der Waals surface area contributed by atoms with Crippen LogP contribution in [0.25, 0.3) is 22.0 Å². The van der Waals surface area contributed by atoms with Gasteiger partial charge in [-0.1, -0.05) is 0 Å². The van der Waals surface area contributed by atoms with Gasteiger partial charge in [-0.05, 0) is 41.8 Å². The van der Waals surface area contributed by atoms with Gasteiger partial charge in [-0.15, -0.1) is 0 Å². The second-order valence-corrected chi connectivity index (χ2v) is 4.35. The molecule has 20 heavy (non-hydrogen) atoms. The van der Waals surface area contributed by atoms with Gasteiger partial charge in [0, 0.05) is 23.3 Å². The normalized spacial score (nSPS) is 10.5. The van der Waals surface area contributed by atoms with Crippen molar-refractivity contribution in [2.75, 3.05) is 14.2 Å². The minimum absolute atomic E-state index is 0.601. The molecule has 0 amide bonds. The number of ether oxygens (including phenoxy) is 2. The van der Waals surface area contributed by atoms with E-state index in [0.717, 1.165) is 27.8 Å². The van der Waals surface area contributed by atoms with Crippen molar-refractivity contribution in [3.05, 3.63) is 48.8 Å². The van der Waals surface area contributed by atoms with Gasteiger partial charge < -0.3 is 9.47 Å². The summed E-state index contributed by atoms with van der Waals surface area (Å²) in [5, 5.41) is 1.98. The van der Waals surface area contributed by atoms with E-state index in [2.05, 4.69) is 9.97 Å². The molecule has 3 aromatic rings. The summed E-state index contributed by atoms with van der Waals surface area (Å²) >= 11 is 0. The Labute approximate surface area is 117 Å². The van der Waals surface area contributed by atoms with Gasteiger partial charge in [0.1, 0.15) is 5.75 Å². The monoisotopic (exact) mass is 266 g/mol. The molecule has 0 atom stereocenters. The van der Waals surface area contributed by atoms with Crippen LogP contribution >= 0.6 is 0 Å². The number of pyridine rings is 2. The molecule has 0 aliphatic rings. The number of methoxy groups -OCH3 is 2. The van der Waals surface area contributed by atoms with Crippen LogP contribution in [0.15, 0.2) is 48.8 Å². The van der Waals surface area contributed by atoms with E-state index in [-0.39, 0.29) is 0 Å². The number of nitrogens with zero attached hydrogens (tertiary/aromatic N) is 2. The van der Waals surface area contributed by atoms with E-state index in [1.54, 1.807) is 26.6 Å². The quantitative estimate of drug-likeness (QED) is 0.729. The molecule has 0 saturated heterocycles. The third kappa shape index (κ3) is 2.16. The molecular formula is C16H14N2O2. The average Bonchev–Trinajstić information content (AvgIpc) is 2.54. The minimum atomic E-state index is 0.601. The molecule has 1 aromatic carbocycles. The van der Waals surface area contributed by atoms with E-state index in [1.807, 2.05) is 36.4 Å². The topological polar surface area (TPSA) is 44.2 Å². The molecule has 2 heterocycles. The molecule has 0 bridgehead atoms. The molecule has 0 aliphatic carbocycles. The molecule has 0 fully saturated rings. The van der Waals surface area contributed by atoms with Gasteiger partial charge in [-0.2, -0.15) is 0 Å². The van der Waals surface area contributed by atoms with Gasteiger partial charge in [-0.25, -0.2) is 4.98 Å². The molecule has 0 N–H and O–H groups in total. The summed E-state index contributed by atoms with van der Waals surface area (Å²) in [6.07, 6.45) is 3.53. The van der Waals surface area contributed by atoms with E-state index in [9.17, 15) is 0 Å². The van der Waals surface area contributed by atoms with Crippen molar-refractivity contribution in [1.82, 2.24) is 9.97 Å². The van der Waals surface area contributed by atoms with Crippen molar-refractivity contribution in [2.45, 2.75) is 0 Å². The lowest BCUT2D eigenvalue weighted by Gasteiger charge is -2.09. The highest BCUT2D eigenvalue weighted by atomic mass is 16.5. The summed E-state index contributed by atoms with van der Waals surface area (Å²) in [7, 11) is 3.28. The zero-order chi connectivity index (χ0) is 13.9. The first kappa shape index (κ1) is 12.4. The Bertz CT molecular complexity index is 742. The van der Waals surface area contributed by atoms with Crippen molar-refractivity contribution in [1.29, 1.82) is 0 Å². The van der Waals surface area contributed by atoms with E-state index < -0.39 is 0 Å². The van der Waals surface area contributed by atoms with Crippen LogP contribution in [0, 0.1) is 0 Å². The predicted octanol–water partition coefficient (Wildman–Crippen LogP) is 3.31. The molecule has 0 aliphatic heterocycles. The second kappa shape index (κ2) is 5.17. The predicted molar refractivity (Wildman–Crippen MR) is 78.1 cm³/mol. The maximum atomic E-state index is 5.39. The van der Waals surface area contributed by atoms with Gasteiger partial charge in [0.05, 0.1) is 19.9 Å². The molecule has 3 rings (SSSR count). The highest BCUT2D eigenvalue weighted by Crippen LogP contribution is 2.31. The Hall–Kier alpha value is -2.62. The highest BCUT2D eigenvalue weighted by Gasteiger charge is 2.09. The van der Waals surface area contributed by atoms with Gasteiger partial charge in [0.2, 0.25) is 5.88 Å². The maximum Gasteiger partial charge on any atom is 0.221 e. The summed E-state index contributed by atoms with van der Waals surface area (Å²) in [4.78, 5) is 8.67. The van der Waals surface area contributed by atoms with Crippen LogP contribution in [0.3, 0.4) is 0 Å². The number of rotatable bonds is 3. The summed E-state index contributed by atoms with van der Waals surface area (Å²) < 4.78 is 10.7. The van der Waals surface area contributed by atoms with Crippen LogP contribution in [-0.4, -0.2) is 24.2 Å².